The van der Waals surface area contributed by atoms with Crippen molar-refractivity contribution in [3.05, 3.63) is 0 Å². The Morgan fingerprint density at radius 1 is 0.758 bits per heavy atom. The monoisotopic (exact) mass is 476 g/mol. The zero-order valence-electron chi connectivity index (χ0n) is 21.8. The van der Waals surface area contributed by atoms with Gasteiger partial charge in [-0.3, -0.25) is 4.79 Å². The molecule has 0 rings (SSSR count). The Labute approximate surface area is 225 Å². The van der Waals surface area contributed by atoms with E-state index < -0.39 is 12.0 Å². The van der Waals surface area contributed by atoms with Crippen LogP contribution in [0.2, 0.25) is 0 Å². The van der Waals surface area contributed by atoms with Gasteiger partial charge in [0, 0.05) is 13.0 Å². The predicted molar refractivity (Wildman–Crippen MR) is 131 cm³/mol. The van der Waals surface area contributed by atoms with Crippen LogP contribution in [-0.2, 0) is 9.59 Å². The van der Waals surface area contributed by atoms with Crippen LogP contribution >= 0.6 is 0 Å². The molecule has 0 spiro atoms. The Morgan fingerprint density at radius 3 is 1.76 bits per heavy atom. The summed E-state index contributed by atoms with van der Waals surface area (Å²) in [5.41, 5.74) is 0. The van der Waals surface area contributed by atoms with E-state index in [1.807, 2.05) is 0 Å². The summed E-state index contributed by atoms with van der Waals surface area (Å²) in [5, 5.41) is 23.8. The van der Waals surface area contributed by atoms with Crippen LogP contribution in [0.5, 0.6) is 0 Å². The molecule has 188 valence electrons. The van der Waals surface area contributed by atoms with Crippen molar-refractivity contribution in [3.8, 4) is 0 Å². The van der Waals surface area contributed by atoms with Crippen molar-refractivity contribution in [2.45, 2.75) is 142 Å². The first-order valence-corrected chi connectivity index (χ1v) is 13.2. The third-order valence-electron chi connectivity index (χ3n) is 5.82. The zero-order chi connectivity index (χ0) is 23.9. The second-order valence-corrected chi connectivity index (χ2v) is 8.97. The van der Waals surface area contributed by atoms with E-state index in [0.717, 1.165) is 32.1 Å². The van der Waals surface area contributed by atoms with Gasteiger partial charge in [0.15, 0.2) is 0 Å². The first-order chi connectivity index (χ1) is 15.5. The third kappa shape index (κ3) is 24.3. The fourth-order valence-electron chi connectivity index (χ4n) is 3.74. The van der Waals surface area contributed by atoms with Crippen LogP contribution in [-0.4, -0.2) is 35.5 Å². The number of amides is 1. The Bertz CT molecular complexity index is 501. The topological polar surface area (TPSA) is 102 Å². The average molecular weight is 477 g/mol. The van der Waals surface area contributed by atoms with Crippen LogP contribution in [0, 0.1) is 0 Å². The predicted octanol–water partition coefficient (Wildman–Crippen LogP) is 2.77. The van der Waals surface area contributed by atoms with E-state index in [2.05, 4.69) is 24.2 Å². The Balaban J connectivity index is 0. The second kappa shape index (κ2) is 26.0. The molecule has 33 heavy (non-hydrogen) atoms. The van der Waals surface area contributed by atoms with Crippen molar-refractivity contribution in [2.75, 3.05) is 6.54 Å². The molecule has 0 saturated carbocycles. The molecule has 0 aliphatic carbocycles. The molecular weight excluding hydrogens is 427 g/mol. The minimum atomic E-state index is -0.995. The average Bonchev–Trinajstić information content (AvgIpc) is 2.76. The van der Waals surface area contributed by atoms with Crippen LogP contribution in [0.4, 0.5) is 0 Å². The maximum Gasteiger partial charge on any atom is 1.00 e. The summed E-state index contributed by atoms with van der Waals surface area (Å²) in [7, 11) is 0. The largest absolute Gasteiger partial charge is 1.00 e. The summed E-state index contributed by atoms with van der Waals surface area (Å²) in [6.45, 7) is 4.83. The summed E-state index contributed by atoms with van der Waals surface area (Å²) in [5.74, 6) is -1.22. The Hall–Kier alpha value is -0.590. The molecular formula is C26H49N2NaO4. The van der Waals surface area contributed by atoms with Gasteiger partial charge in [-0.15, -0.1) is 0 Å². The van der Waals surface area contributed by atoms with Crippen LogP contribution in [0.1, 0.15) is 136 Å². The molecule has 2 N–H and O–H groups in total. The number of unbranched alkanes of at least 4 members (excludes halogenated alkanes) is 13. The summed E-state index contributed by atoms with van der Waals surface area (Å²) < 4.78 is 0. The Kier molecular flexibility index (Phi) is 27.3. The molecule has 0 bridgehead atoms. The minimum Gasteiger partial charge on any atom is -0.862 e. The summed E-state index contributed by atoms with van der Waals surface area (Å²) in [6, 6.07) is -0.851. The molecule has 0 aromatic heterocycles. The third-order valence-corrected chi connectivity index (χ3v) is 5.82. The maximum absolute atomic E-state index is 12.0. The van der Waals surface area contributed by atoms with Gasteiger partial charge in [0.25, 0.3) is 0 Å². The van der Waals surface area contributed by atoms with Crippen LogP contribution in [0.3, 0.4) is 0 Å². The number of hydrogen-bond donors (Lipinski definition) is 2. The van der Waals surface area contributed by atoms with E-state index in [4.69, 9.17) is 0 Å². The first kappa shape index (κ1) is 34.6. The molecule has 1 atom stereocenters. The molecule has 6 nitrogen and oxygen atoms in total. The summed E-state index contributed by atoms with van der Waals surface area (Å²) in [4.78, 5) is 27.5. The molecule has 0 aliphatic heterocycles. The normalized spacial score (nSPS) is 12.2. The zero-order valence-corrected chi connectivity index (χ0v) is 23.8. The van der Waals surface area contributed by atoms with Crippen molar-refractivity contribution < 1.29 is 49.4 Å². The number of carbonyl (C=O) groups excluding carboxylic acids is 1. The van der Waals surface area contributed by atoms with Crippen molar-refractivity contribution in [1.29, 1.82) is 0 Å². The van der Waals surface area contributed by atoms with Crippen LogP contribution in [0.15, 0.2) is 4.99 Å². The number of aliphatic carboxylic acids is 1. The molecule has 0 fully saturated rings. The van der Waals surface area contributed by atoms with E-state index in [1.54, 1.807) is 0 Å². The standard InChI is InChI=1S/C26H50N2O4.Na/c1-3-5-7-9-11-13-15-20-24(29)27-22-18-17-19-23(26(31)32)28-25(30)21-16-14-12-10-8-6-4-2;/h23H,3-22H2,1-2H3,(H,27,29)(H,28,30)(H,31,32);/q;+1/p-1/t23-;/m0./s1. The van der Waals surface area contributed by atoms with Gasteiger partial charge >= 0.3 is 35.5 Å². The summed E-state index contributed by atoms with van der Waals surface area (Å²) in [6.07, 6.45) is 18.7. The second-order valence-electron chi connectivity index (χ2n) is 8.97. The van der Waals surface area contributed by atoms with Crippen molar-refractivity contribution in [3.63, 3.8) is 0 Å². The van der Waals surface area contributed by atoms with Gasteiger partial charge in [-0.05, 0) is 44.4 Å². The van der Waals surface area contributed by atoms with Gasteiger partial charge in [0.2, 0.25) is 5.91 Å². The van der Waals surface area contributed by atoms with E-state index in [1.165, 1.54) is 57.8 Å². The van der Waals surface area contributed by atoms with Gasteiger partial charge in [0.05, 0.1) is 0 Å². The molecule has 1 amide bonds. The molecule has 7 heteroatoms. The van der Waals surface area contributed by atoms with Crippen molar-refractivity contribution in [1.82, 2.24) is 5.32 Å². The number of nitrogens with zero attached hydrogens (tertiary/aromatic N) is 1. The first-order valence-electron chi connectivity index (χ1n) is 13.2. The molecule has 0 unspecified atom stereocenters. The number of nitrogens with one attached hydrogen (secondary N) is 1. The quantitative estimate of drug-likeness (QED) is 0.102. The van der Waals surface area contributed by atoms with E-state index >= 15 is 0 Å². The summed E-state index contributed by atoms with van der Waals surface area (Å²) >= 11 is 0. The van der Waals surface area contributed by atoms with Gasteiger partial charge in [-0.2, -0.15) is 0 Å². The number of carboxylic acids is 1. The number of rotatable bonds is 23. The van der Waals surface area contributed by atoms with E-state index in [0.29, 0.717) is 38.6 Å². The molecule has 0 saturated heterocycles. The smallest absolute Gasteiger partial charge is 0.862 e. The van der Waals surface area contributed by atoms with Crippen molar-refractivity contribution in [2.24, 2.45) is 4.99 Å². The van der Waals surface area contributed by atoms with E-state index in [9.17, 15) is 19.8 Å². The molecule has 0 aromatic rings. The minimum absolute atomic E-state index is 0. The number of aliphatic imine (C=N–C) groups is 1. The molecule has 0 aromatic carbocycles. The number of carbonyl (C=O) groups is 2. The number of hydrogen-bond acceptors (Lipinski definition) is 4. The fourth-order valence-corrected chi connectivity index (χ4v) is 3.74. The Morgan fingerprint density at radius 2 is 1.24 bits per heavy atom. The SMILES string of the molecule is CCCCCCCCCC(=O)N[C@@H](CCCCN=C([O-])CCCCCCCCC)C(=O)O.[Na+]. The van der Waals surface area contributed by atoms with Crippen LogP contribution < -0.4 is 40.0 Å². The maximum atomic E-state index is 12.0. The van der Waals surface area contributed by atoms with Gasteiger partial charge in [-0.1, -0.05) is 90.9 Å². The van der Waals surface area contributed by atoms with Crippen LogP contribution in [0.25, 0.3) is 0 Å². The fraction of sp³-hybridized carbons (Fsp3) is 0.885. The van der Waals surface area contributed by atoms with Crippen molar-refractivity contribution >= 4 is 17.8 Å². The molecule has 0 aliphatic rings. The molecule has 0 radical (unpaired) electrons. The van der Waals surface area contributed by atoms with Gasteiger partial charge < -0.3 is 20.5 Å². The van der Waals surface area contributed by atoms with Gasteiger partial charge in [0.1, 0.15) is 6.04 Å². The number of carboxylic acid groups (broad SMARTS) is 1. The molecule has 0 heterocycles. The van der Waals surface area contributed by atoms with Gasteiger partial charge in [-0.25, -0.2) is 4.79 Å². The van der Waals surface area contributed by atoms with E-state index in [-0.39, 0.29) is 41.4 Å².